The van der Waals surface area contributed by atoms with E-state index in [4.69, 9.17) is 0 Å². The van der Waals surface area contributed by atoms with Gasteiger partial charge in [-0.15, -0.1) is 0 Å². The van der Waals surface area contributed by atoms with E-state index in [-0.39, 0.29) is 0 Å². The molecular weight excluding hydrogens is 146 g/mol. The smallest absolute Gasteiger partial charge is 0.0136 e. The Morgan fingerprint density at radius 2 is 2.08 bits per heavy atom. The Hall–Kier alpha value is -0.560. The van der Waals surface area contributed by atoms with Crippen molar-refractivity contribution < 1.29 is 0 Å². The molecule has 0 saturated heterocycles. The summed E-state index contributed by atoms with van der Waals surface area (Å²) in [7, 11) is 0. The molecule has 1 fully saturated rings. The zero-order chi connectivity index (χ0) is 8.39. The van der Waals surface area contributed by atoms with Crippen LogP contribution < -0.4 is 5.32 Å². The normalized spacial score (nSPS) is 38.6. The first-order valence-electron chi connectivity index (χ1n) is 5.00. The number of fused-ring (bicyclic) bond motifs is 1. The van der Waals surface area contributed by atoms with E-state index in [9.17, 15) is 0 Å². The molecule has 0 aliphatic heterocycles. The van der Waals surface area contributed by atoms with E-state index in [1.165, 1.54) is 12.8 Å². The van der Waals surface area contributed by atoms with E-state index in [0.717, 1.165) is 24.4 Å². The van der Waals surface area contributed by atoms with Crippen LogP contribution in [0.2, 0.25) is 0 Å². The third kappa shape index (κ3) is 1.34. The van der Waals surface area contributed by atoms with Gasteiger partial charge in [-0.25, -0.2) is 0 Å². The zero-order valence-electron chi connectivity index (χ0n) is 7.66. The van der Waals surface area contributed by atoms with Gasteiger partial charge in [0, 0.05) is 6.04 Å². The second-order valence-electron chi connectivity index (χ2n) is 3.75. The Kier molecular flexibility index (Phi) is 2.31. The van der Waals surface area contributed by atoms with Crippen LogP contribution in [0.3, 0.4) is 0 Å². The molecule has 0 heterocycles. The van der Waals surface area contributed by atoms with Crippen LogP contribution in [0.4, 0.5) is 0 Å². The maximum atomic E-state index is 3.56. The molecule has 2 unspecified atom stereocenters. The lowest BCUT2D eigenvalue weighted by Crippen LogP contribution is -2.33. The maximum Gasteiger partial charge on any atom is 0.0136 e. The van der Waals surface area contributed by atoms with Gasteiger partial charge in [0.2, 0.25) is 0 Å². The second kappa shape index (κ2) is 3.44. The van der Waals surface area contributed by atoms with Crippen LogP contribution in [0.15, 0.2) is 24.3 Å². The van der Waals surface area contributed by atoms with Crippen LogP contribution >= 0.6 is 0 Å². The van der Waals surface area contributed by atoms with E-state index < -0.39 is 0 Å². The Morgan fingerprint density at radius 3 is 2.92 bits per heavy atom. The summed E-state index contributed by atoms with van der Waals surface area (Å²) < 4.78 is 0. The maximum absolute atomic E-state index is 3.56. The topological polar surface area (TPSA) is 12.0 Å². The van der Waals surface area contributed by atoms with Crippen LogP contribution in [0.5, 0.6) is 0 Å². The van der Waals surface area contributed by atoms with Crippen molar-refractivity contribution in [2.45, 2.75) is 25.8 Å². The monoisotopic (exact) mass is 163 g/mol. The van der Waals surface area contributed by atoms with Gasteiger partial charge in [-0.05, 0) is 31.2 Å². The summed E-state index contributed by atoms with van der Waals surface area (Å²) in [6.45, 7) is 3.29. The Balaban J connectivity index is 2.03. The first kappa shape index (κ1) is 8.06. The van der Waals surface area contributed by atoms with Gasteiger partial charge in [-0.2, -0.15) is 0 Å². The van der Waals surface area contributed by atoms with Crippen LogP contribution in [0, 0.1) is 11.8 Å². The quantitative estimate of drug-likeness (QED) is 0.657. The Bertz CT molecular complexity index is 205. The minimum absolute atomic E-state index is 0.737. The molecule has 0 radical (unpaired) electrons. The van der Waals surface area contributed by atoms with Gasteiger partial charge in [0.25, 0.3) is 0 Å². The van der Waals surface area contributed by atoms with Gasteiger partial charge in [0.1, 0.15) is 0 Å². The van der Waals surface area contributed by atoms with Crippen LogP contribution in [-0.4, -0.2) is 12.6 Å². The van der Waals surface area contributed by atoms with Crippen molar-refractivity contribution >= 4 is 0 Å². The molecule has 2 rings (SSSR count). The molecule has 1 heteroatoms. The van der Waals surface area contributed by atoms with Crippen molar-refractivity contribution in [3.63, 3.8) is 0 Å². The van der Waals surface area contributed by atoms with Crippen molar-refractivity contribution in [3.05, 3.63) is 24.3 Å². The fourth-order valence-electron chi connectivity index (χ4n) is 2.46. The van der Waals surface area contributed by atoms with Gasteiger partial charge in [-0.1, -0.05) is 31.2 Å². The average Bonchev–Trinajstić information content (AvgIpc) is 2.50. The third-order valence-electron chi connectivity index (χ3n) is 3.04. The van der Waals surface area contributed by atoms with Crippen LogP contribution in [0.25, 0.3) is 0 Å². The van der Waals surface area contributed by atoms with E-state index in [1.54, 1.807) is 0 Å². The van der Waals surface area contributed by atoms with E-state index in [2.05, 4.69) is 36.5 Å². The standard InChI is InChI=1S/C11H17N/c1-2-12-11-8-7-9-5-3-4-6-10(9)11/h3-6,9-12H,2,7-8H2,1H3/t9?,10?,11-/m0/s1. The van der Waals surface area contributed by atoms with Gasteiger partial charge < -0.3 is 5.32 Å². The highest BCUT2D eigenvalue weighted by Gasteiger charge is 2.32. The molecule has 0 spiro atoms. The highest BCUT2D eigenvalue weighted by Crippen LogP contribution is 2.35. The molecule has 0 aromatic rings. The molecule has 12 heavy (non-hydrogen) atoms. The SMILES string of the molecule is CCN[C@H]1CCC2C=CC=CC21. The molecule has 1 N–H and O–H groups in total. The summed E-state index contributed by atoms with van der Waals surface area (Å²) in [5.41, 5.74) is 0. The first-order valence-corrected chi connectivity index (χ1v) is 5.00. The van der Waals surface area contributed by atoms with Crippen molar-refractivity contribution in [1.29, 1.82) is 0 Å². The molecule has 1 nitrogen and oxygen atoms in total. The minimum Gasteiger partial charge on any atom is -0.314 e. The summed E-state index contributed by atoms with van der Waals surface area (Å²) in [4.78, 5) is 0. The first-order chi connectivity index (χ1) is 5.92. The summed E-state index contributed by atoms with van der Waals surface area (Å²) in [5.74, 6) is 1.59. The van der Waals surface area contributed by atoms with Gasteiger partial charge in [0.15, 0.2) is 0 Å². The third-order valence-corrected chi connectivity index (χ3v) is 3.04. The lowest BCUT2D eigenvalue weighted by molar-refractivity contribution is 0.435. The summed E-state index contributed by atoms with van der Waals surface area (Å²) in [6, 6.07) is 0.737. The van der Waals surface area contributed by atoms with Crippen molar-refractivity contribution in [3.8, 4) is 0 Å². The fourth-order valence-corrected chi connectivity index (χ4v) is 2.46. The number of hydrogen-bond donors (Lipinski definition) is 1. The summed E-state index contributed by atoms with van der Waals surface area (Å²) in [6.07, 6.45) is 11.8. The van der Waals surface area contributed by atoms with Crippen LogP contribution in [0.1, 0.15) is 19.8 Å². The Labute approximate surface area is 74.5 Å². The molecule has 2 aliphatic carbocycles. The van der Waals surface area contributed by atoms with Gasteiger partial charge >= 0.3 is 0 Å². The number of allylic oxidation sites excluding steroid dienone is 3. The lowest BCUT2D eigenvalue weighted by Gasteiger charge is -2.22. The Morgan fingerprint density at radius 1 is 1.25 bits per heavy atom. The molecule has 0 aromatic carbocycles. The molecule has 66 valence electrons. The fraction of sp³-hybridized carbons (Fsp3) is 0.636. The number of nitrogens with one attached hydrogen (secondary N) is 1. The molecule has 0 bridgehead atoms. The molecule has 0 amide bonds. The predicted molar refractivity (Wildman–Crippen MR) is 52.0 cm³/mol. The van der Waals surface area contributed by atoms with E-state index >= 15 is 0 Å². The van der Waals surface area contributed by atoms with E-state index in [1.807, 2.05) is 0 Å². The number of rotatable bonds is 2. The lowest BCUT2D eigenvalue weighted by atomic mass is 9.90. The average molecular weight is 163 g/mol. The van der Waals surface area contributed by atoms with Crippen molar-refractivity contribution in [2.75, 3.05) is 6.54 Å². The van der Waals surface area contributed by atoms with Crippen LogP contribution in [-0.2, 0) is 0 Å². The summed E-state index contributed by atoms with van der Waals surface area (Å²) >= 11 is 0. The van der Waals surface area contributed by atoms with E-state index in [0.29, 0.717) is 0 Å². The highest BCUT2D eigenvalue weighted by molar-refractivity contribution is 5.18. The highest BCUT2D eigenvalue weighted by atomic mass is 14.9. The molecule has 2 aliphatic rings. The van der Waals surface area contributed by atoms with Crippen molar-refractivity contribution in [1.82, 2.24) is 5.32 Å². The minimum atomic E-state index is 0.737. The van der Waals surface area contributed by atoms with Crippen molar-refractivity contribution in [2.24, 2.45) is 11.8 Å². The predicted octanol–water partition coefficient (Wildman–Crippen LogP) is 2.12. The van der Waals surface area contributed by atoms with Gasteiger partial charge in [0.05, 0.1) is 0 Å². The molecule has 3 atom stereocenters. The number of hydrogen-bond acceptors (Lipinski definition) is 1. The molecule has 0 aromatic heterocycles. The molecular formula is C11H17N. The zero-order valence-corrected chi connectivity index (χ0v) is 7.66. The summed E-state index contributed by atoms with van der Waals surface area (Å²) in [5, 5.41) is 3.56. The second-order valence-corrected chi connectivity index (χ2v) is 3.75. The molecule has 1 saturated carbocycles. The largest absolute Gasteiger partial charge is 0.314 e. The van der Waals surface area contributed by atoms with Gasteiger partial charge in [-0.3, -0.25) is 0 Å².